The molecule has 3 rings (SSSR count). The Hall–Kier alpha value is -1.81. The molecule has 1 heterocycles. The predicted molar refractivity (Wildman–Crippen MR) is 101 cm³/mol. The number of methoxy groups -OCH3 is 1. The zero-order valence-electron chi connectivity index (χ0n) is 14.9. The Morgan fingerprint density at radius 2 is 2.08 bits per heavy atom. The maximum atomic E-state index is 6.34. The predicted octanol–water partition coefficient (Wildman–Crippen LogP) is 4.12. The van der Waals surface area contributed by atoms with Gasteiger partial charge in [0.15, 0.2) is 0 Å². The fourth-order valence-corrected chi connectivity index (χ4v) is 3.70. The second-order valence-corrected chi connectivity index (χ2v) is 6.83. The summed E-state index contributed by atoms with van der Waals surface area (Å²) in [6.45, 7) is 3.03. The van der Waals surface area contributed by atoms with Crippen LogP contribution in [0.25, 0.3) is 10.9 Å². The largest absolute Gasteiger partial charge is 0.497 e. The second kappa shape index (κ2) is 7.84. The summed E-state index contributed by atoms with van der Waals surface area (Å²) in [6.07, 6.45) is 9.29. The molecule has 1 fully saturated rings. The highest BCUT2D eigenvalue weighted by molar-refractivity contribution is 5.92. The number of rotatable bonds is 6. The third-order valence-corrected chi connectivity index (χ3v) is 5.17. The van der Waals surface area contributed by atoms with Gasteiger partial charge in [-0.3, -0.25) is 4.98 Å². The van der Waals surface area contributed by atoms with E-state index >= 15 is 0 Å². The summed E-state index contributed by atoms with van der Waals surface area (Å²) in [6, 6.07) is 9.00. The highest BCUT2D eigenvalue weighted by Crippen LogP contribution is 2.35. The smallest absolute Gasteiger partial charge is 0.121 e. The Kier molecular flexibility index (Phi) is 5.56. The molecule has 0 radical (unpaired) electrons. The van der Waals surface area contributed by atoms with Crippen molar-refractivity contribution >= 4 is 16.6 Å². The quantitative estimate of drug-likeness (QED) is 0.867. The number of hydrogen-bond acceptors (Lipinski definition) is 4. The topological polar surface area (TPSA) is 51.4 Å². The number of nitrogens with zero attached hydrogens (tertiary/aromatic N) is 2. The van der Waals surface area contributed by atoms with Crippen LogP contribution in [0, 0.1) is 0 Å². The van der Waals surface area contributed by atoms with Crippen LogP contribution >= 0.6 is 0 Å². The molecule has 1 unspecified atom stereocenters. The molecular weight excluding hydrogens is 298 g/mol. The molecule has 4 nitrogen and oxygen atoms in total. The Labute approximate surface area is 145 Å². The summed E-state index contributed by atoms with van der Waals surface area (Å²) < 4.78 is 5.55. The van der Waals surface area contributed by atoms with Crippen molar-refractivity contribution in [3.05, 3.63) is 30.5 Å². The zero-order valence-corrected chi connectivity index (χ0v) is 14.9. The highest BCUT2D eigenvalue weighted by atomic mass is 16.5. The molecule has 0 aliphatic heterocycles. The van der Waals surface area contributed by atoms with E-state index in [9.17, 15) is 0 Å². The van der Waals surface area contributed by atoms with Crippen molar-refractivity contribution < 1.29 is 4.74 Å². The van der Waals surface area contributed by atoms with Gasteiger partial charge >= 0.3 is 0 Å². The Bertz CT molecular complexity index is 667. The molecule has 1 aromatic heterocycles. The number of aromatic nitrogens is 1. The summed E-state index contributed by atoms with van der Waals surface area (Å²) in [5.41, 5.74) is 8.55. The van der Waals surface area contributed by atoms with Gasteiger partial charge < -0.3 is 15.4 Å². The van der Waals surface area contributed by atoms with Crippen LogP contribution in [-0.2, 0) is 0 Å². The van der Waals surface area contributed by atoms with Gasteiger partial charge in [0, 0.05) is 36.3 Å². The van der Waals surface area contributed by atoms with Crippen molar-refractivity contribution in [3.63, 3.8) is 0 Å². The first-order valence-corrected chi connectivity index (χ1v) is 9.18. The van der Waals surface area contributed by atoms with E-state index in [1.807, 2.05) is 12.3 Å². The average molecular weight is 327 g/mol. The van der Waals surface area contributed by atoms with E-state index in [1.54, 1.807) is 7.11 Å². The number of hydrogen-bond donors (Lipinski definition) is 1. The SMILES string of the molecule is CCC(N)CN(c1cc(OC)cc2cccnc12)C1CCCCC1. The van der Waals surface area contributed by atoms with Crippen molar-refractivity contribution in [1.82, 2.24) is 4.98 Å². The first kappa shape index (κ1) is 17.0. The zero-order chi connectivity index (χ0) is 16.9. The van der Waals surface area contributed by atoms with E-state index in [2.05, 4.69) is 35.0 Å². The number of nitrogens with two attached hydrogens (primary N) is 1. The standard InChI is InChI=1S/C20H29N3O/c1-3-16(21)14-23(17-9-5-4-6-10-17)19-13-18(24-2)12-15-8-7-11-22-20(15)19/h7-8,11-13,16-17H,3-6,9-10,14,21H2,1-2H3. The van der Waals surface area contributed by atoms with Crippen LogP contribution in [0.1, 0.15) is 45.4 Å². The number of anilines is 1. The third-order valence-electron chi connectivity index (χ3n) is 5.17. The lowest BCUT2D eigenvalue weighted by molar-refractivity contribution is 0.402. The van der Waals surface area contributed by atoms with Crippen molar-refractivity contribution in [3.8, 4) is 5.75 Å². The van der Waals surface area contributed by atoms with Gasteiger partial charge in [0.05, 0.1) is 18.3 Å². The normalized spacial score (nSPS) is 17.0. The molecule has 0 amide bonds. The van der Waals surface area contributed by atoms with Gasteiger partial charge in [0.25, 0.3) is 0 Å². The van der Waals surface area contributed by atoms with Crippen LogP contribution in [-0.4, -0.2) is 30.7 Å². The Morgan fingerprint density at radius 3 is 2.79 bits per heavy atom. The molecule has 1 aromatic carbocycles. The van der Waals surface area contributed by atoms with Gasteiger partial charge in [-0.25, -0.2) is 0 Å². The molecule has 1 aliphatic rings. The Morgan fingerprint density at radius 1 is 1.29 bits per heavy atom. The minimum Gasteiger partial charge on any atom is -0.497 e. The van der Waals surface area contributed by atoms with Crippen molar-refractivity contribution in [2.45, 2.75) is 57.5 Å². The molecule has 0 bridgehead atoms. The van der Waals surface area contributed by atoms with Crippen LogP contribution in [0.5, 0.6) is 5.75 Å². The van der Waals surface area contributed by atoms with Gasteiger partial charge in [-0.05, 0) is 31.4 Å². The van der Waals surface area contributed by atoms with Gasteiger partial charge in [0.2, 0.25) is 0 Å². The molecule has 24 heavy (non-hydrogen) atoms. The van der Waals surface area contributed by atoms with E-state index in [-0.39, 0.29) is 6.04 Å². The summed E-state index contributed by atoms with van der Waals surface area (Å²) in [7, 11) is 1.73. The third kappa shape index (κ3) is 3.64. The van der Waals surface area contributed by atoms with Crippen LogP contribution in [0.4, 0.5) is 5.69 Å². The molecule has 2 N–H and O–H groups in total. The van der Waals surface area contributed by atoms with Crippen LogP contribution in [0.2, 0.25) is 0 Å². The van der Waals surface area contributed by atoms with Crippen molar-refractivity contribution in [2.24, 2.45) is 5.73 Å². The summed E-state index contributed by atoms with van der Waals surface area (Å²) in [4.78, 5) is 7.17. The first-order valence-electron chi connectivity index (χ1n) is 9.18. The number of fused-ring (bicyclic) bond motifs is 1. The van der Waals surface area contributed by atoms with E-state index in [4.69, 9.17) is 10.5 Å². The average Bonchev–Trinajstić information content (AvgIpc) is 2.65. The van der Waals surface area contributed by atoms with Crippen molar-refractivity contribution in [1.29, 1.82) is 0 Å². The van der Waals surface area contributed by atoms with Gasteiger partial charge in [-0.1, -0.05) is 32.3 Å². The maximum absolute atomic E-state index is 6.34. The molecule has 130 valence electrons. The van der Waals surface area contributed by atoms with E-state index in [0.29, 0.717) is 6.04 Å². The number of ether oxygens (including phenoxy) is 1. The molecule has 0 saturated heterocycles. The molecule has 4 heteroatoms. The molecule has 2 aromatic rings. The van der Waals surface area contributed by atoms with Crippen LogP contribution < -0.4 is 15.4 Å². The lowest BCUT2D eigenvalue weighted by Gasteiger charge is -2.38. The first-order chi connectivity index (χ1) is 11.7. The molecule has 0 spiro atoms. The minimum atomic E-state index is 0.178. The highest BCUT2D eigenvalue weighted by Gasteiger charge is 2.25. The van der Waals surface area contributed by atoms with E-state index in [0.717, 1.165) is 29.6 Å². The van der Waals surface area contributed by atoms with Crippen molar-refractivity contribution in [2.75, 3.05) is 18.6 Å². The second-order valence-electron chi connectivity index (χ2n) is 6.83. The molecule has 1 saturated carbocycles. The van der Waals surface area contributed by atoms with Crippen LogP contribution in [0.15, 0.2) is 30.5 Å². The lowest BCUT2D eigenvalue weighted by Crippen LogP contribution is -2.44. The lowest BCUT2D eigenvalue weighted by atomic mass is 9.93. The van der Waals surface area contributed by atoms with Crippen LogP contribution in [0.3, 0.4) is 0 Å². The molecular formula is C20H29N3O. The van der Waals surface area contributed by atoms with Gasteiger partial charge in [-0.15, -0.1) is 0 Å². The summed E-state index contributed by atoms with van der Waals surface area (Å²) in [5.74, 6) is 0.886. The molecule has 1 aliphatic carbocycles. The fraction of sp³-hybridized carbons (Fsp3) is 0.550. The van der Waals surface area contributed by atoms with Gasteiger partial charge in [-0.2, -0.15) is 0 Å². The summed E-state index contributed by atoms with van der Waals surface area (Å²) in [5, 5.41) is 1.12. The van der Waals surface area contributed by atoms with E-state index in [1.165, 1.54) is 37.8 Å². The Balaban J connectivity index is 2.06. The van der Waals surface area contributed by atoms with Gasteiger partial charge in [0.1, 0.15) is 5.75 Å². The number of benzene rings is 1. The van der Waals surface area contributed by atoms with E-state index < -0.39 is 0 Å². The fourth-order valence-electron chi connectivity index (χ4n) is 3.70. The minimum absolute atomic E-state index is 0.178. The summed E-state index contributed by atoms with van der Waals surface area (Å²) >= 11 is 0. The monoisotopic (exact) mass is 327 g/mol. The maximum Gasteiger partial charge on any atom is 0.121 e. The number of pyridine rings is 1. The molecule has 1 atom stereocenters.